The molecule has 2 heterocycles. The van der Waals surface area contributed by atoms with E-state index in [-0.39, 0.29) is 11.7 Å². The lowest BCUT2D eigenvalue weighted by molar-refractivity contribution is 0.0929. The second-order valence-electron chi connectivity index (χ2n) is 5.38. The van der Waals surface area contributed by atoms with Gasteiger partial charge in [0, 0.05) is 24.5 Å². The third-order valence-corrected chi connectivity index (χ3v) is 3.47. The monoisotopic (exact) mass is 290 g/mol. The minimum atomic E-state index is -0.226. The summed E-state index contributed by atoms with van der Waals surface area (Å²) in [6, 6.07) is 2.14. The number of carbonyl (C=O) groups excluding carboxylic acids is 1. The molecule has 0 radical (unpaired) electrons. The van der Waals surface area contributed by atoms with E-state index in [0.717, 1.165) is 18.5 Å². The van der Waals surface area contributed by atoms with Crippen molar-refractivity contribution in [3.63, 3.8) is 0 Å². The molecular weight excluding hydrogens is 268 g/mol. The summed E-state index contributed by atoms with van der Waals surface area (Å²) in [4.78, 5) is 18.6. The molecule has 2 aromatic heterocycles. The topological polar surface area (TPSA) is 75.4 Å². The van der Waals surface area contributed by atoms with Crippen molar-refractivity contribution in [2.75, 3.05) is 20.6 Å². The van der Waals surface area contributed by atoms with E-state index in [1.165, 1.54) is 0 Å². The molecule has 1 amide bonds. The Morgan fingerprint density at radius 1 is 1.43 bits per heavy atom. The molecule has 0 aliphatic heterocycles. The third kappa shape index (κ3) is 3.55. The highest BCUT2D eigenvalue weighted by Gasteiger charge is 2.17. The zero-order chi connectivity index (χ0) is 15.4. The van der Waals surface area contributed by atoms with Gasteiger partial charge in [-0.15, -0.1) is 10.2 Å². The Hall–Kier alpha value is -2.02. The highest BCUT2D eigenvalue weighted by atomic mass is 16.2. The maximum absolute atomic E-state index is 12.3. The van der Waals surface area contributed by atoms with Crippen molar-refractivity contribution in [2.45, 2.75) is 32.7 Å². The molecule has 0 bridgehead atoms. The number of rotatable bonds is 6. The van der Waals surface area contributed by atoms with Gasteiger partial charge in [0.15, 0.2) is 0 Å². The Morgan fingerprint density at radius 2 is 2.19 bits per heavy atom. The molecule has 0 unspecified atom stereocenters. The maximum Gasteiger partial charge on any atom is 0.289 e. The predicted octanol–water partition coefficient (Wildman–Crippen LogP) is 0.893. The summed E-state index contributed by atoms with van der Waals surface area (Å²) in [5.74, 6) is 0.487. The zero-order valence-corrected chi connectivity index (χ0v) is 13.0. The second-order valence-corrected chi connectivity index (χ2v) is 5.38. The maximum atomic E-state index is 12.3. The van der Waals surface area contributed by atoms with Crippen LogP contribution in [0.2, 0.25) is 0 Å². The van der Waals surface area contributed by atoms with Gasteiger partial charge in [-0.3, -0.25) is 9.20 Å². The number of nitrogens with zero attached hydrogens (tertiary/aromatic N) is 5. The number of nitrogens with one attached hydrogen (secondary N) is 1. The van der Waals surface area contributed by atoms with Gasteiger partial charge in [-0.25, -0.2) is 4.98 Å². The molecule has 0 fully saturated rings. The van der Waals surface area contributed by atoms with Gasteiger partial charge in [-0.1, -0.05) is 13.3 Å². The molecule has 1 atom stereocenters. The Balaban J connectivity index is 2.08. The fourth-order valence-corrected chi connectivity index (χ4v) is 2.19. The van der Waals surface area contributed by atoms with Crippen LogP contribution in [-0.2, 0) is 0 Å². The van der Waals surface area contributed by atoms with Crippen LogP contribution < -0.4 is 5.32 Å². The van der Waals surface area contributed by atoms with E-state index in [1.807, 2.05) is 27.1 Å². The lowest BCUT2D eigenvalue weighted by Gasteiger charge is -2.23. The van der Waals surface area contributed by atoms with Gasteiger partial charge < -0.3 is 10.2 Å². The Bertz CT molecular complexity index is 621. The Kier molecular flexibility index (Phi) is 4.85. The van der Waals surface area contributed by atoms with Gasteiger partial charge in [-0.05, 0) is 33.5 Å². The highest BCUT2D eigenvalue weighted by Crippen LogP contribution is 2.04. The van der Waals surface area contributed by atoms with Crippen LogP contribution in [0.4, 0.5) is 0 Å². The van der Waals surface area contributed by atoms with E-state index in [0.29, 0.717) is 18.4 Å². The Labute approximate surface area is 124 Å². The molecule has 114 valence electrons. The first kappa shape index (κ1) is 15.4. The second kappa shape index (κ2) is 6.62. The minimum Gasteiger partial charge on any atom is -0.348 e. The van der Waals surface area contributed by atoms with E-state index < -0.39 is 0 Å². The molecule has 0 aliphatic carbocycles. The summed E-state index contributed by atoms with van der Waals surface area (Å²) in [7, 11) is 4.04. The zero-order valence-electron chi connectivity index (χ0n) is 13.0. The first-order valence-corrected chi connectivity index (χ1v) is 7.16. The number of aromatic nitrogens is 4. The lowest BCUT2D eigenvalue weighted by atomic mass is 10.1. The van der Waals surface area contributed by atoms with Gasteiger partial charge in [0.1, 0.15) is 0 Å². The average molecular weight is 290 g/mol. The summed E-state index contributed by atoms with van der Waals surface area (Å²) < 4.78 is 1.60. The van der Waals surface area contributed by atoms with E-state index in [2.05, 4.69) is 32.3 Å². The van der Waals surface area contributed by atoms with E-state index >= 15 is 0 Å². The largest absolute Gasteiger partial charge is 0.348 e. The summed E-state index contributed by atoms with van der Waals surface area (Å²) in [5, 5.41) is 10.8. The van der Waals surface area contributed by atoms with Gasteiger partial charge >= 0.3 is 0 Å². The molecule has 21 heavy (non-hydrogen) atoms. The van der Waals surface area contributed by atoms with Gasteiger partial charge in [0.25, 0.3) is 11.7 Å². The summed E-state index contributed by atoms with van der Waals surface area (Å²) in [6.07, 6.45) is 3.88. The first-order valence-electron chi connectivity index (χ1n) is 7.16. The SMILES string of the molecule is CCC[C@@H](CNC(=O)c1nnc2nc(C)ccn12)N(C)C. The number of fused-ring (bicyclic) bond motifs is 1. The van der Waals surface area contributed by atoms with Crippen molar-refractivity contribution >= 4 is 11.7 Å². The number of hydrogen-bond donors (Lipinski definition) is 1. The van der Waals surface area contributed by atoms with Gasteiger partial charge in [0.05, 0.1) is 0 Å². The van der Waals surface area contributed by atoms with Crippen LogP contribution in [0.5, 0.6) is 0 Å². The number of hydrogen-bond acceptors (Lipinski definition) is 5. The molecule has 1 N–H and O–H groups in total. The van der Waals surface area contributed by atoms with Crippen LogP contribution in [0.15, 0.2) is 12.3 Å². The molecule has 0 aliphatic rings. The third-order valence-electron chi connectivity index (χ3n) is 3.47. The fraction of sp³-hybridized carbons (Fsp3) is 0.571. The minimum absolute atomic E-state index is 0.226. The van der Waals surface area contributed by atoms with Crippen LogP contribution in [0.25, 0.3) is 5.78 Å². The van der Waals surface area contributed by atoms with Crippen molar-refractivity contribution in [1.82, 2.24) is 29.8 Å². The molecule has 0 saturated heterocycles. The Morgan fingerprint density at radius 3 is 2.86 bits per heavy atom. The fourth-order valence-electron chi connectivity index (χ4n) is 2.19. The van der Waals surface area contributed by atoms with E-state index in [4.69, 9.17) is 0 Å². The number of likely N-dealkylation sites (N-methyl/N-ethyl adjacent to an activating group) is 1. The molecule has 2 rings (SSSR count). The van der Waals surface area contributed by atoms with Crippen molar-refractivity contribution in [1.29, 1.82) is 0 Å². The van der Waals surface area contributed by atoms with E-state index in [1.54, 1.807) is 10.6 Å². The van der Waals surface area contributed by atoms with Gasteiger partial charge in [-0.2, -0.15) is 0 Å². The molecular formula is C14H22N6O. The van der Waals surface area contributed by atoms with E-state index in [9.17, 15) is 4.79 Å². The van der Waals surface area contributed by atoms with Crippen LogP contribution in [0.1, 0.15) is 36.1 Å². The predicted molar refractivity (Wildman–Crippen MR) is 80.2 cm³/mol. The molecule has 2 aromatic rings. The number of carbonyl (C=O) groups is 1. The average Bonchev–Trinajstić information content (AvgIpc) is 2.85. The molecule has 0 spiro atoms. The molecule has 0 aromatic carbocycles. The van der Waals surface area contributed by atoms with Crippen molar-refractivity contribution < 1.29 is 4.79 Å². The molecule has 7 nitrogen and oxygen atoms in total. The van der Waals surface area contributed by atoms with Crippen molar-refractivity contribution in [2.24, 2.45) is 0 Å². The van der Waals surface area contributed by atoms with Crippen molar-refractivity contribution in [3.8, 4) is 0 Å². The standard InChI is InChI=1S/C14H22N6O/c1-5-6-11(19(3)4)9-15-13(21)12-17-18-14-16-10(2)7-8-20(12)14/h7-8,11H,5-6,9H2,1-4H3,(H,15,21)/t11-/m0/s1. The summed E-state index contributed by atoms with van der Waals surface area (Å²) >= 11 is 0. The van der Waals surface area contributed by atoms with Gasteiger partial charge in [0.2, 0.25) is 5.82 Å². The first-order chi connectivity index (χ1) is 10.0. The molecule has 0 saturated carbocycles. The van der Waals surface area contributed by atoms with Crippen LogP contribution in [0, 0.1) is 6.92 Å². The van der Waals surface area contributed by atoms with Crippen molar-refractivity contribution in [3.05, 3.63) is 23.8 Å². The van der Waals surface area contributed by atoms with Crippen LogP contribution >= 0.6 is 0 Å². The summed E-state index contributed by atoms with van der Waals surface area (Å²) in [6.45, 7) is 4.60. The molecule has 7 heteroatoms. The lowest BCUT2D eigenvalue weighted by Crippen LogP contribution is -2.40. The van der Waals surface area contributed by atoms with Crippen LogP contribution in [-0.4, -0.2) is 57.1 Å². The highest BCUT2D eigenvalue weighted by molar-refractivity contribution is 5.91. The normalized spacial score (nSPS) is 12.8. The van der Waals surface area contributed by atoms with Crippen LogP contribution in [0.3, 0.4) is 0 Å². The quantitative estimate of drug-likeness (QED) is 0.855. The smallest absolute Gasteiger partial charge is 0.289 e. The number of amides is 1. The summed E-state index contributed by atoms with van der Waals surface area (Å²) in [5.41, 5.74) is 0.845. The number of aryl methyl sites for hydroxylation is 1.